The molecule has 1 saturated carbocycles. The molecular weight excluding hydrogens is 266 g/mol. The Kier molecular flexibility index (Phi) is 6.03. The zero-order valence-corrected chi connectivity index (χ0v) is 13.4. The van der Waals surface area contributed by atoms with Crippen LogP contribution >= 0.6 is 0 Å². The number of rotatable bonds is 6. The fourth-order valence-corrected chi connectivity index (χ4v) is 3.41. The number of amides is 2. The summed E-state index contributed by atoms with van der Waals surface area (Å²) in [5, 5.41) is 3.61. The molecule has 0 aromatic heterocycles. The number of likely N-dealkylation sites (N-methyl/N-ethyl adjacent to an activating group) is 1. The Morgan fingerprint density at radius 2 is 1.86 bits per heavy atom. The Morgan fingerprint density at radius 3 is 2.52 bits per heavy atom. The molecule has 1 saturated heterocycles. The van der Waals surface area contributed by atoms with E-state index in [1.807, 2.05) is 0 Å². The van der Waals surface area contributed by atoms with Crippen LogP contribution in [0.15, 0.2) is 0 Å². The topological polar surface area (TPSA) is 52.7 Å². The molecule has 2 aliphatic rings. The van der Waals surface area contributed by atoms with Gasteiger partial charge in [0.2, 0.25) is 11.8 Å². The van der Waals surface area contributed by atoms with Crippen LogP contribution in [0.4, 0.5) is 0 Å². The van der Waals surface area contributed by atoms with Gasteiger partial charge in [0.05, 0.1) is 13.1 Å². The lowest BCUT2D eigenvalue weighted by Crippen LogP contribution is -2.56. The molecule has 21 heavy (non-hydrogen) atoms. The van der Waals surface area contributed by atoms with Crippen LogP contribution in [0.5, 0.6) is 0 Å². The monoisotopic (exact) mass is 295 g/mol. The van der Waals surface area contributed by atoms with Crippen molar-refractivity contribution < 1.29 is 9.59 Å². The van der Waals surface area contributed by atoms with Crippen LogP contribution in [-0.2, 0) is 9.59 Å². The van der Waals surface area contributed by atoms with Gasteiger partial charge in [-0.25, -0.2) is 0 Å². The van der Waals surface area contributed by atoms with E-state index in [2.05, 4.69) is 12.2 Å². The van der Waals surface area contributed by atoms with Gasteiger partial charge in [0.15, 0.2) is 0 Å². The van der Waals surface area contributed by atoms with Gasteiger partial charge in [-0.3, -0.25) is 9.59 Å². The second-order valence-electron chi connectivity index (χ2n) is 6.48. The predicted octanol–water partition coefficient (Wildman–Crippen LogP) is 1.24. The fraction of sp³-hybridized carbons (Fsp3) is 0.875. The molecule has 0 bridgehead atoms. The van der Waals surface area contributed by atoms with E-state index in [1.54, 1.807) is 11.9 Å². The molecule has 1 heterocycles. The summed E-state index contributed by atoms with van der Waals surface area (Å²) in [6.07, 6.45) is 7.52. The summed E-state index contributed by atoms with van der Waals surface area (Å²) in [4.78, 5) is 27.3. The summed E-state index contributed by atoms with van der Waals surface area (Å²) in [7, 11) is 1.70. The maximum atomic E-state index is 12.1. The van der Waals surface area contributed by atoms with E-state index in [1.165, 1.54) is 37.0 Å². The molecule has 1 atom stereocenters. The lowest BCUT2D eigenvalue weighted by Gasteiger charge is -2.38. The van der Waals surface area contributed by atoms with Crippen molar-refractivity contribution in [2.24, 2.45) is 5.92 Å². The van der Waals surface area contributed by atoms with Crippen molar-refractivity contribution in [1.29, 1.82) is 0 Å². The molecular formula is C16H29N3O2. The molecule has 2 fully saturated rings. The molecule has 0 spiro atoms. The highest BCUT2D eigenvalue weighted by Gasteiger charge is 2.31. The average molecular weight is 295 g/mol. The molecule has 1 unspecified atom stereocenters. The Morgan fingerprint density at radius 1 is 1.14 bits per heavy atom. The van der Waals surface area contributed by atoms with Gasteiger partial charge in [-0.2, -0.15) is 0 Å². The normalized spacial score (nSPS) is 22.8. The largest absolute Gasteiger partial charge is 0.335 e. The summed E-state index contributed by atoms with van der Waals surface area (Å²) in [6.45, 7) is 4.30. The van der Waals surface area contributed by atoms with Crippen LogP contribution in [0.25, 0.3) is 0 Å². The standard InChI is InChI=1S/C16H29N3O2/c1-3-9-17-14(13-7-5-4-6-8-13)10-19-12-15(20)18(2)11-16(19)21/h13-14,17H,3-12H2,1-2H3. The van der Waals surface area contributed by atoms with Gasteiger partial charge >= 0.3 is 0 Å². The molecule has 1 aliphatic heterocycles. The number of piperazine rings is 1. The van der Waals surface area contributed by atoms with Crippen molar-refractivity contribution in [3.05, 3.63) is 0 Å². The molecule has 0 radical (unpaired) electrons. The predicted molar refractivity (Wildman–Crippen MR) is 82.9 cm³/mol. The van der Waals surface area contributed by atoms with Gasteiger partial charge in [-0.05, 0) is 31.7 Å². The van der Waals surface area contributed by atoms with Crippen molar-refractivity contribution in [2.75, 3.05) is 33.2 Å². The van der Waals surface area contributed by atoms with Crippen LogP contribution in [0, 0.1) is 5.92 Å². The molecule has 2 amide bonds. The van der Waals surface area contributed by atoms with Crippen LogP contribution in [-0.4, -0.2) is 60.9 Å². The summed E-state index contributed by atoms with van der Waals surface area (Å²) >= 11 is 0. The third-order valence-electron chi connectivity index (χ3n) is 4.77. The van der Waals surface area contributed by atoms with E-state index >= 15 is 0 Å². The van der Waals surface area contributed by atoms with E-state index < -0.39 is 0 Å². The molecule has 1 aliphatic carbocycles. The second kappa shape index (κ2) is 7.78. The first kappa shape index (κ1) is 16.3. The van der Waals surface area contributed by atoms with Gasteiger partial charge in [0.25, 0.3) is 0 Å². The number of nitrogens with one attached hydrogen (secondary N) is 1. The Balaban J connectivity index is 1.96. The molecule has 5 heteroatoms. The zero-order valence-electron chi connectivity index (χ0n) is 13.4. The Labute approximate surface area is 128 Å². The van der Waals surface area contributed by atoms with E-state index in [0.717, 1.165) is 13.0 Å². The SMILES string of the molecule is CCCNC(CN1CC(=O)N(C)CC1=O)C1CCCCC1. The minimum atomic E-state index is 0.0486. The highest BCUT2D eigenvalue weighted by molar-refractivity contribution is 5.92. The Hall–Kier alpha value is -1.10. The van der Waals surface area contributed by atoms with Crippen LogP contribution in [0.3, 0.4) is 0 Å². The molecule has 0 aromatic rings. The van der Waals surface area contributed by atoms with E-state index in [-0.39, 0.29) is 24.9 Å². The molecule has 0 aromatic carbocycles. The maximum absolute atomic E-state index is 12.1. The van der Waals surface area contributed by atoms with Crippen molar-refractivity contribution in [3.8, 4) is 0 Å². The van der Waals surface area contributed by atoms with Crippen LogP contribution in [0.2, 0.25) is 0 Å². The van der Waals surface area contributed by atoms with Crippen LogP contribution in [0.1, 0.15) is 45.4 Å². The number of hydrogen-bond donors (Lipinski definition) is 1. The van der Waals surface area contributed by atoms with E-state index in [9.17, 15) is 9.59 Å². The Bertz CT molecular complexity index is 367. The smallest absolute Gasteiger partial charge is 0.242 e. The van der Waals surface area contributed by atoms with E-state index in [4.69, 9.17) is 0 Å². The highest BCUT2D eigenvalue weighted by Crippen LogP contribution is 2.27. The molecule has 5 nitrogen and oxygen atoms in total. The third kappa shape index (κ3) is 4.43. The van der Waals surface area contributed by atoms with Gasteiger partial charge in [-0.15, -0.1) is 0 Å². The third-order valence-corrected chi connectivity index (χ3v) is 4.77. The van der Waals surface area contributed by atoms with Crippen molar-refractivity contribution >= 4 is 11.8 Å². The van der Waals surface area contributed by atoms with E-state index in [0.29, 0.717) is 18.5 Å². The molecule has 2 rings (SSSR count). The van der Waals surface area contributed by atoms with Crippen molar-refractivity contribution in [1.82, 2.24) is 15.1 Å². The molecule has 1 N–H and O–H groups in total. The van der Waals surface area contributed by atoms with Gasteiger partial charge in [0.1, 0.15) is 0 Å². The van der Waals surface area contributed by atoms with Gasteiger partial charge in [-0.1, -0.05) is 26.2 Å². The first-order valence-corrected chi connectivity index (χ1v) is 8.37. The van der Waals surface area contributed by atoms with Crippen molar-refractivity contribution in [3.63, 3.8) is 0 Å². The fourth-order valence-electron chi connectivity index (χ4n) is 3.41. The summed E-state index contributed by atoms with van der Waals surface area (Å²) in [5.41, 5.74) is 0. The van der Waals surface area contributed by atoms with Gasteiger partial charge in [0, 0.05) is 19.6 Å². The summed E-state index contributed by atoms with van der Waals surface area (Å²) in [6, 6.07) is 0.338. The lowest BCUT2D eigenvalue weighted by molar-refractivity contribution is -0.149. The first-order valence-electron chi connectivity index (χ1n) is 8.37. The minimum absolute atomic E-state index is 0.0486. The number of nitrogens with zero attached hydrogens (tertiary/aromatic N) is 2. The zero-order chi connectivity index (χ0) is 15.2. The lowest BCUT2D eigenvalue weighted by atomic mass is 9.83. The number of carbonyl (C=O) groups excluding carboxylic acids is 2. The maximum Gasteiger partial charge on any atom is 0.242 e. The highest BCUT2D eigenvalue weighted by atomic mass is 16.2. The average Bonchev–Trinajstić information content (AvgIpc) is 2.49. The minimum Gasteiger partial charge on any atom is -0.335 e. The first-order chi connectivity index (χ1) is 10.1. The molecule has 120 valence electrons. The second-order valence-corrected chi connectivity index (χ2v) is 6.48. The van der Waals surface area contributed by atoms with Crippen molar-refractivity contribution in [2.45, 2.75) is 51.5 Å². The summed E-state index contributed by atoms with van der Waals surface area (Å²) < 4.78 is 0. The summed E-state index contributed by atoms with van der Waals surface area (Å²) in [5.74, 6) is 0.775. The number of hydrogen-bond acceptors (Lipinski definition) is 3. The van der Waals surface area contributed by atoms with Gasteiger partial charge < -0.3 is 15.1 Å². The quantitative estimate of drug-likeness (QED) is 0.802. The van der Waals surface area contributed by atoms with Crippen LogP contribution < -0.4 is 5.32 Å². The number of carbonyl (C=O) groups is 2.